The number of rotatable bonds is 5. The molecule has 3 nitrogen and oxygen atoms in total. The van der Waals surface area contributed by atoms with Gasteiger partial charge in [-0.3, -0.25) is 4.68 Å². The molecule has 20 heavy (non-hydrogen) atoms. The van der Waals surface area contributed by atoms with Crippen molar-refractivity contribution in [1.82, 2.24) is 15.1 Å². The molecule has 3 rings (SSSR count). The molecular weight excluding hydrogens is 246 g/mol. The minimum atomic E-state index is 0.764. The van der Waals surface area contributed by atoms with Crippen LogP contribution < -0.4 is 5.32 Å². The monoisotopic (exact) mass is 269 g/mol. The summed E-state index contributed by atoms with van der Waals surface area (Å²) in [5.41, 5.74) is 6.51. The van der Waals surface area contributed by atoms with E-state index in [0.717, 1.165) is 19.1 Å². The average molecular weight is 269 g/mol. The summed E-state index contributed by atoms with van der Waals surface area (Å²) < 4.78 is 2.05. The lowest BCUT2D eigenvalue weighted by Gasteiger charge is -2.09. The van der Waals surface area contributed by atoms with Crippen molar-refractivity contribution in [2.75, 3.05) is 0 Å². The van der Waals surface area contributed by atoms with Gasteiger partial charge in [0.05, 0.1) is 6.20 Å². The molecule has 1 fully saturated rings. The molecule has 0 unspecified atom stereocenters. The van der Waals surface area contributed by atoms with E-state index in [0.29, 0.717) is 0 Å². The molecule has 1 saturated carbocycles. The molecule has 0 spiro atoms. The first-order chi connectivity index (χ1) is 9.69. The zero-order valence-corrected chi connectivity index (χ0v) is 12.6. The van der Waals surface area contributed by atoms with Crippen molar-refractivity contribution in [3.05, 3.63) is 41.2 Å². The molecule has 1 heterocycles. The Kier molecular flexibility index (Phi) is 3.62. The predicted octanol–water partition coefficient (Wildman–Crippen LogP) is 3.44. The molecular formula is C17H23N3. The van der Waals surface area contributed by atoms with Gasteiger partial charge in [0, 0.05) is 30.4 Å². The second-order valence-corrected chi connectivity index (χ2v) is 5.76. The van der Waals surface area contributed by atoms with Gasteiger partial charge in [-0.15, -0.1) is 0 Å². The van der Waals surface area contributed by atoms with Gasteiger partial charge in [-0.05, 0) is 50.3 Å². The lowest BCUT2D eigenvalue weighted by molar-refractivity contribution is 0.640. The summed E-state index contributed by atoms with van der Waals surface area (Å²) in [5, 5.41) is 8.01. The first kappa shape index (κ1) is 13.4. The Morgan fingerprint density at radius 3 is 2.65 bits per heavy atom. The Balaban J connectivity index is 1.83. The van der Waals surface area contributed by atoms with E-state index >= 15 is 0 Å². The van der Waals surface area contributed by atoms with Crippen LogP contribution in [0.3, 0.4) is 0 Å². The second-order valence-electron chi connectivity index (χ2n) is 5.76. The zero-order valence-electron chi connectivity index (χ0n) is 12.6. The highest BCUT2D eigenvalue weighted by molar-refractivity contribution is 5.69. The third-order valence-corrected chi connectivity index (χ3v) is 4.16. The Morgan fingerprint density at radius 2 is 2.05 bits per heavy atom. The Hall–Kier alpha value is -1.61. The van der Waals surface area contributed by atoms with Crippen molar-refractivity contribution in [3.63, 3.8) is 0 Å². The first-order valence-corrected chi connectivity index (χ1v) is 7.54. The summed E-state index contributed by atoms with van der Waals surface area (Å²) in [5.74, 6) is 0. The fraction of sp³-hybridized carbons (Fsp3) is 0.471. The smallest absolute Gasteiger partial charge is 0.0571 e. The van der Waals surface area contributed by atoms with Crippen molar-refractivity contribution in [2.45, 2.75) is 52.7 Å². The normalized spacial score (nSPS) is 14.8. The van der Waals surface area contributed by atoms with Crippen molar-refractivity contribution in [1.29, 1.82) is 0 Å². The topological polar surface area (TPSA) is 29.9 Å². The van der Waals surface area contributed by atoms with Crippen LogP contribution in [0.2, 0.25) is 0 Å². The second kappa shape index (κ2) is 5.41. The van der Waals surface area contributed by atoms with Gasteiger partial charge in [-0.2, -0.15) is 5.10 Å². The largest absolute Gasteiger partial charge is 0.310 e. The zero-order chi connectivity index (χ0) is 14.1. The number of aryl methyl sites for hydroxylation is 2. The quantitative estimate of drug-likeness (QED) is 0.901. The van der Waals surface area contributed by atoms with E-state index in [1.807, 2.05) is 6.20 Å². The number of nitrogens with zero attached hydrogens (tertiary/aromatic N) is 2. The van der Waals surface area contributed by atoms with Crippen molar-refractivity contribution in [3.8, 4) is 11.1 Å². The fourth-order valence-electron chi connectivity index (χ4n) is 2.72. The molecule has 106 valence electrons. The van der Waals surface area contributed by atoms with Crippen LogP contribution in [0.25, 0.3) is 11.1 Å². The van der Waals surface area contributed by atoms with E-state index in [2.05, 4.69) is 54.1 Å². The number of hydrogen-bond acceptors (Lipinski definition) is 2. The van der Waals surface area contributed by atoms with Gasteiger partial charge in [0.25, 0.3) is 0 Å². The van der Waals surface area contributed by atoms with Crippen molar-refractivity contribution < 1.29 is 0 Å². The molecule has 0 aliphatic heterocycles. The van der Waals surface area contributed by atoms with Crippen LogP contribution in [0, 0.1) is 13.8 Å². The van der Waals surface area contributed by atoms with Gasteiger partial charge in [-0.25, -0.2) is 0 Å². The third-order valence-electron chi connectivity index (χ3n) is 4.16. The summed E-state index contributed by atoms with van der Waals surface area (Å²) in [6.07, 6.45) is 4.67. The lowest BCUT2D eigenvalue weighted by atomic mass is 9.99. The summed E-state index contributed by atoms with van der Waals surface area (Å²) in [6, 6.07) is 7.54. The minimum absolute atomic E-state index is 0.764. The minimum Gasteiger partial charge on any atom is -0.310 e. The van der Waals surface area contributed by atoms with Gasteiger partial charge in [0.15, 0.2) is 0 Å². The predicted molar refractivity (Wildman–Crippen MR) is 82.7 cm³/mol. The van der Waals surface area contributed by atoms with E-state index in [1.54, 1.807) is 0 Å². The van der Waals surface area contributed by atoms with Gasteiger partial charge in [-0.1, -0.05) is 18.2 Å². The van der Waals surface area contributed by atoms with E-state index in [1.165, 1.54) is 40.8 Å². The van der Waals surface area contributed by atoms with Crippen LogP contribution in [-0.4, -0.2) is 15.8 Å². The highest BCUT2D eigenvalue weighted by Crippen LogP contribution is 2.27. The SMILES string of the molecule is CCn1ncc(-c2ccc(CNC3CC3)cc2C)c1C. The molecule has 0 saturated heterocycles. The molecule has 1 aromatic heterocycles. The number of benzene rings is 1. The van der Waals surface area contributed by atoms with Crippen LogP contribution in [0.1, 0.15) is 36.6 Å². The van der Waals surface area contributed by atoms with Gasteiger partial charge >= 0.3 is 0 Å². The molecule has 0 radical (unpaired) electrons. The first-order valence-electron chi connectivity index (χ1n) is 7.54. The van der Waals surface area contributed by atoms with Crippen molar-refractivity contribution in [2.24, 2.45) is 0 Å². The van der Waals surface area contributed by atoms with Gasteiger partial charge in [0.2, 0.25) is 0 Å². The van der Waals surface area contributed by atoms with E-state index in [4.69, 9.17) is 0 Å². The highest BCUT2D eigenvalue weighted by Gasteiger charge is 2.20. The van der Waals surface area contributed by atoms with Crippen LogP contribution in [-0.2, 0) is 13.1 Å². The standard InChI is InChI=1S/C17H23N3/c1-4-20-13(3)17(11-19-20)16-8-5-14(9-12(16)2)10-18-15-6-7-15/h5,8-9,11,15,18H,4,6-7,10H2,1-3H3. The summed E-state index contributed by atoms with van der Waals surface area (Å²) >= 11 is 0. The number of nitrogens with one attached hydrogen (secondary N) is 1. The van der Waals surface area contributed by atoms with E-state index in [-0.39, 0.29) is 0 Å². The van der Waals surface area contributed by atoms with Crippen LogP contribution in [0.15, 0.2) is 24.4 Å². The Bertz CT molecular complexity index is 609. The van der Waals surface area contributed by atoms with Gasteiger partial charge < -0.3 is 5.32 Å². The molecule has 1 N–H and O–H groups in total. The van der Waals surface area contributed by atoms with Crippen LogP contribution >= 0.6 is 0 Å². The third kappa shape index (κ3) is 2.63. The van der Waals surface area contributed by atoms with Gasteiger partial charge in [0.1, 0.15) is 0 Å². The highest BCUT2D eigenvalue weighted by atomic mass is 15.3. The summed E-state index contributed by atoms with van der Waals surface area (Å²) in [7, 11) is 0. The maximum absolute atomic E-state index is 4.45. The molecule has 1 aliphatic rings. The molecule has 1 aliphatic carbocycles. The van der Waals surface area contributed by atoms with E-state index < -0.39 is 0 Å². The molecule has 3 heteroatoms. The Labute approximate surface area is 121 Å². The molecule has 0 amide bonds. The molecule has 1 aromatic carbocycles. The van der Waals surface area contributed by atoms with E-state index in [9.17, 15) is 0 Å². The summed E-state index contributed by atoms with van der Waals surface area (Å²) in [6.45, 7) is 8.38. The molecule has 0 atom stereocenters. The fourth-order valence-corrected chi connectivity index (χ4v) is 2.72. The van der Waals surface area contributed by atoms with Crippen LogP contribution in [0.5, 0.6) is 0 Å². The number of aromatic nitrogens is 2. The summed E-state index contributed by atoms with van der Waals surface area (Å²) in [4.78, 5) is 0. The lowest BCUT2D eigenvalue weighted by Crippen LogP contribution is -2.15. The number of hydrogen-bond donors (Lipinski definition) is 1. The Morgan fingerprint density at radius 1 is 1.25 bits per heavy atom. The average Bonchev–Trinajstić information content (AvgIpc) is 3.20. The van der Waals surface area contributed by atoms with Crippen LogP contribution in [0.4, 0.5) is 0 Å². The maximum atomic E-state index is 4.45. The maximum Gasteiger partial charge on any atom is 0.0571 e. The van der Waals surface area contributed by atoms with Crippen molar-refractivity contribution >= 4 is 0 Å². The molecule has 0 bridgehead atoms. The molecule has 2 aromatic rings.